The van der Waals surface area contributed by atoms with E-state index >= 15 is 0 Å². The van der Waals surface area contributed by atoms with E-state index in [4.69, 9.17) is 16.3 Å². The molecule has 2 heterocycles. The Balaban J connectivity index is 0.000000136. The smallest absolute Gasteiger partial charge is 0.282 e. The summed E-state index contributed by atoms with van der Waals surface area (Å²) in [6.45, 7) is 2.64. The van der Waals surface area contributed by atoms with Gasteiger partial charge in [0, 0.05) is 11.6 Å². The second-order valence-corrected chi connectivity index (χ2v) is 4.04. The minimum Gasteiger partial charge on any atom is -0.464 e. The van der Waals surface area contributed by atoms with Gasteiger partial charge in [-0.05, 0) is 30.7 Å². The molecule has 0 radical (unpaired) electrons. The molecule has 0 spiro atoms. The van der Waals surface area contributed by atoms with Crippen molar-refractivity contribution in [1.82, 2.24) is 4.98 Å². The number of rotatable bonds is 0. The van der Waals surface area contributed by atoms with Gasteiger partial charge in [0.05, 0.1) is 12.1 Å². The summed E-state index contributed by atoms with van der Waals surface area (Å²) in [7, 11) is 0. The van der Waals surface area contributed by atoms with E-state index in [9.17, 15) is 0 Å². The van der Waals surface area contributed by atoms with Crippen LogP contribution in [0.15, 0.2) is 47.6 Å². The van der Waals surface area contributed by atoms with E-state index in [1.807, 2.05) is 37.4 Å². The van der Waals surface area contributed by atoms with Crippen LogP contribution in [0.5, 0.6) is 0 Å². The molecule has 4 heteroatoms. The van der Waals surface area contributed by atoms with Gasteiger partial charge < -0.3 is 4.74 Å². The van der Waals surface area contributed by atoms with Crippen molar-refractivity contribution < 1.29 is 4.74 Å². The molecule has 1 aromatic carbocycles. The van der Waals surface area contributed by atoms with Crippen molar-refractivity contribution in [3.05, 3.63) is 42.6 Å². The Morgan fingerprint density at radius 1 is 1.24 bits per heavy atom. The number of ether oxygens (including phenoxy) is 1. The Morgan fingerprint density at radius 3 is 2.59 bits per heavy atom. The van der Waals surface area contributed by atoms with E-state index in [-0.39, 0.29) is 6.10 Å². The number of nitrogens with zero attached hydrogens (tertiary/aromatic N) is 2. The van der Waals surface area contributed by atoms with E-state index in [1.165, 1.54) is 5.39 Å². The molecule has 0 fully saturated rings. The summed E-state index contributed by atoms with van der Waals surface area (Å²) in [6.07, 6.45) is 2.00. The fourth-order valence-electron chi connectivity index (χ4n) is 1.46. The predicted octanol–water partition coefficient (Wildman–Crippen LogP) is 3.23. The lowest BCUT2D eigenvalue weighted by atomic mass is 10.2. The Kier molecular flexibility index (Phi) is 3.94. The van der Waals surface area contributed by atoms with E-state index in [1.54, 1.807) is 0 Å². The third-order valence-corrected chi connectivity index (χ3v) is 2.49. The molecule has 1 unspecified atom stereocenters. The molecular weight excluding hydrogens is 236 g/mol. The molecule has 88 valence electrons. The highest BCUT2D eigenvalue weighted by molar-refractivity contribution is 6.63. The Labute approximate surface area is 105 Å². The van der Waals surface area contributed by atoms with Crippen LogP contribution in [0, 0.1) is 0 Å². The lowest BCUT2D eigenvalue weighted by molar-refractivity contribution is 0.251. The second kappa shape index (κ2) is 5.64. The SMILES string of the molecule is CC1CN=C(Cl)O1.c1ccc2ncccc2c1. The molecule has 17 heavy (non-hydrogen) atoms. The number of pyridine rings is 1. The first-order chi connectivity index (χ1) is 8.25. The third kappa shape index (κ3) is 3.43. The normalized spacial score (nSPS) is 18.0. The molecule has 3 rings (SSSR count). The minimum absolute atomic E-state index is 0.187. The molecule has 0 saturated heterocycles. The van der Waals surface area contributed by atoms with Crippen molar-refractivity contribution in [3.63, 3.8) is 0 Å². The van der Waals surface area contributed by atoms with Crippen molar-refractivity contribution in [1.29, 1.82) is 0 Å². The van der Waals surface area contributed by atoms with Crippen molar-refractivity contribution >= 4 is 27.9 Å². The van der Waals surface area contributed by atoms with Gasteiger partial charge in [0.25, 0.3) is 5.36 Å². The van der Waals surface area contributed by atoms with E-state index < -0.39 is 0 Å². The quantitative estimate of drug-likeness (QED) is 0.717. The number of para-hydroxylation sites is 1. The molecule has 2 aromatic rings. The van der Waals surface area contributed by atoms with Gasteiger partial charge in [-0.15, -0.1) is 0 Å². The zero-order chi connectivity index (χ0) is 12.1. The molecule has 0 amide bonds. The number of halogens is 1. The van der Waals surface area contributed by atoms with Gasteiger partial charge >= 0.3 is 0 Å². The summed E-state index contributed by atoms with van der Waals surface area (Å²) in [4.78, 5) is 7.96. The first-order valence-corrected chi connectivity index (χ1v) is 5.80. The molecular formula is C13H13ClN2O. The van der Waals surface area contributed by atoms with Crippen molar-refractivity contribution in [3.8, 4) is 0 Å². The number of benzene rings is 1. The summed E-state index contributed by atoms with van der Waals surface area (Å²) in [5, 5.41) is 1.50. The van der Waals surface area contributed by atoms with Gasteiger partial charge in [0.15, 0.2) is 0 Å². The van der Waals surface area contributed by atoms with Crippen LogP contribution in [-0.2, 0) is 4.74 Å². The van der Waals surface area contributed by atoms with Crippen molar-refractivity contribution in [2.24, 2.45) is 4.99 Å². The molecule has 0 N–H and O–H groups in total. The molecule has 1 atom stereocenters. The van der Waals surface area contributed by atoms with Gasteiger partial charge in [-0.2, -0.15) is 0 Å². The summed E-state index contributed by atoms with van der Waals surface area (Å²) in [5.41, 5.74) is 1.06. The van der Waals surface area contributed by atoms with Crippen LogP contribution in [0.3, 0.4) is 0 Å². The average molecular weight is 249 g/mol. The Morgan fingerprint density at radius 2 is 2.00 bits per heavy atom. The number of hydrogen-bond donors (Lipinski definition) is 0. The van der Waals surface area contributed by atoms with Crippen LogP contribution in [0.1, 0.15) is 6.92 Å². The minimum atomic E-state index is 0.187. The molecule has 0 aliphatic carbocycles. The summed E-state index contributed by atoms with van der Waals surface area (Å²) in [5.74, 6) is 0. The van der Waals surface area contributed by atoms with Gasteiger partial charge in [0.2, 0.25) is 0 Å². The Bertz CT molecular complexity index is 462. The van der Waals surface area contributed by atoms with Crippen LogP contribution >= 0.6 is 11.6 Å². The number of fused-ring (bicyclic) bond motifs is 1. The molecule has 1 aliphatic heterocycles. The first-order valence-electron chi connectivity index (χ1n) is 5.42. The van der Waals surface area contributed by atoms with Gasteiger partial charge in [-0.1, -0.05) is 24.3 Å². The van der Waals surface area contributed by atoms with Crippen LogP contribution in [0.25, 0.3) is 10.9 Å². The van der Waals surface area contributed by atoms with E-state index in [0.29, 0.717) is 11.9 Å². The van der Waals surface area contributed by atoms with E-state index in [0.717, 1.165) is 5.52 Å². The number of hydrogen-bond acceptors (Lipinski definition) is 3. The lowest BCUT2D eigenvalue weighted by Gasteiger charge is -1.97. The fourth-order valence-corrected chi connectivity index (χ4v) is 1.68. The molecule has 1 aliphatic rings. The zero-order valence-electron chi connectivity index (χ0n) is 9.51. The van der Waals surface area contributed by atoms with E-state index in [2.05, 4.69) is 22.1 Å². The standard InChI is InChI=1S/C9H7N.C4H6ClNO/c1-2-6-9-8(4-1)5-3-7-10-9;1-3-2-6-4(5)7-3/h1-7H;3H,2H2,1H3. The maximum atomic E-state index is 5.33. The summed E-state index contributed by atoms with van der Waals surface area (Å²) in [6, 6.07) is 12.1. The van der Waals surface area contributed by atoms with Gasteiger partial charge in [-0.3, -0.25) is 4.98 Å². The third-order valence-electron chi connectivity index (χ3n) is 2.28. The zero-order valence-corrected chi connectivity index (χ0v) is 10.3. The first kappa shape index (κ1) is 11.9. The lowest BCUT2D eigenvalue weighted by Crippen LogP contribution is -2.03. The molecule has 1 aromatic heterocycles. The van der Waals surface area contributed by atoms with Crippen LogP contribution in [0.4, 0.5) is 0 Å². The monoisotopic (exact) mass is 248 g/mol. The Hall–Kier alpha value is -1.61. The maximum absolute atomic E-state index is 5.33. The topological polar surface area (TPSA) is 34.5 Å². The highest BCUT2D eigenvalue weighted by Crippen LogP contribution is 2.08. The second-order valence-electron chi connectivity index (χ2n) is 3.72. The summed E-state index contributed by atoms with van der Waals surface area (Å²) >= 11 is 5.33. The summed E-state index contributed by atoms with van der Waals surface area (Å²) < 4.78 is 4.88. The van der Waals surface area contributed by atoms with Gasteiger partial charge in [-0.25, -0.2) is 4.99 Å². The van der Waals surface area contributed by atoms with Crippen LogP contribution < -0.4 is 0 Å². The number of aromatic nitrogens is 1. The molecule has 0 bridgehead atoms. The van der Waals surface area contributed by atoms with Crippen LogP contribution in [-0.4, -0.2) is 23.0 Å². The number of aliphatic imine (C=N–C) groups is 1. The van der Waals surface area contributed by atoms with Crippen molar-refractivity contribution in [2.45, 2.75) is 13.0 Å². The molecule has 0 saturated carbocycles. The largest absolute Gasteiger partial charge is 0.464 e. The van der Waals surface area contributed by atoms with Crippen LogP contribution in [0.2, 0.25) is 0 Å². The molecule has 3 nitrogen and oxygen atoms in total. The maximum Gasteiger partial charge on any atom is 0.282 e. The highest BCUT2D eigenvalue weighted by atomic mass is 35.5. The predicted molar refractivity (Wildman–Crippen MR) is 70.4 cm³/mol. The average Bonchev–Trinajstić information content (AvgIpc) is 2.74. The van der Waals surface area contributed by atoms with Gasteiger partial charge in [0.1, 0.15) is 6.10 Å². The highest BCUT2D eigenvalue weighted by Gasteiger charge is 2.10. The van der Waals surface area contributed by atoms with Crippen molar-refractivity contribution in [2.75, 3.05) is 6.54 Å². The fraction of sp³-hybridized carbons (Fsp3) is 0.231.